The zero-order chi connectivity index (χ0) is 24.5. The molecule has 0 unspecified atom stereocenters. The van der Waals surface area contributed by atoms with Gasteiger partial charge in [0.15, 0.2) is 9.84 Å². The van der Waals surface area contributed by atoms with Crippen LogP contribution in [0.15, 0.2) is 53.4 Å². The van der Waals surface area contributed by atoms with Crippen molar-refractivity contribution in [3.05, 3.63) is 64.1 Å². The average Bonchev–Trinajstić information content (AvgIpc) is 3.09. The van der Waals surface area contributed by atoms with E-state index in [1.165, 1.54) is 35.2 Å². The van der Waals surface area contributed by atoms with Crippen molar-refractivity contribution in [3.63, 3.8) is 0 Å². The van der Waals surface area contributed by atoms with Crippen molar-refractivity contribution in [1.29, 1.82) is 0 Å². The molecule has 0 atom stereocenters. The molecule has 0 saturated heterocycles. The molecule has 0 aliphatic carbocycles. The number of carboxylic acid groups (broad SMARTS) is 1. The van der Waals surface area contributed by atoms with Gasteiger partial charge >= 0.3 is 6.16 Å². The molecule has 0 aliphatic heterocycles. The average molecular weight is 528 g/mol. The van der Waals surface area contributed by atoms with E-state index >= 15 is 0 Å². The number of nitrogens with zero attached hydrogens (tertiary/aromatic N) is 1. The van der Waals surface area contributed by atoms with Crippen molar-refractivity contribution in [3.8, 4) is 15.5 Å². The molecular formula is C22H19Cl2NO6S2. The van der Waals surface area contributed by atoms with Crippen molar-refractivity contribution in [2.75, 3.05) is 11.2 Å². The summed E-state index contributed by atoms with van der Waals surface area (Å²) in [6, 6.07) is 11.9. The van der Waals surface area contributed by atoms with Gasteiger partial charge in [-0.25, -0.2) is 13.2 Å². The maximum absolute atomic E-state index is 13.4. The Morgan fingerprint density at radius 1 is 1.06 bits per heavy atom. The molecule has 1 amide bonds. The molecule has 174 valence electrons. The predicted molar refractivity (Wildman–Crippen MR) is 130 cm³/mol. The van der Waals surface area contributed by atoms with Crippen LogP contribution in [0.3, 0.4) is 0 Å². The fourth-order valence-corrected chi connectivity index (χ4v) is 5.23. The zero-order valence-electron chi connectivity index (χ0n) is 17.7. The summed E-state index contributed by atoms with van der Waals surface area (Å²) in [5, 5.41) is 9.75. The number of rotatable bonds is 6. The first-order valence-electron chi connectivity index (χ1n) is 9.52. The number of benzene rings is 2. The first-order valence-corrected chi connectivity index (χ1v) is 13.0. The van der Waals surface area contributed by atoms with Crippen LogP contribution in [0.5, 0.6) is 5.06 Å². The minimum atomic E-state index is -3.37. The number of carbonyl (C=O) groups excluding carboxylic acids is 1. The summed E-state index contributed by atoms with van der Waals surface area (Å²) in [6.45, 7) is 3.54. The zero-order valence-corrected chi connectivity index (χ0v) is 20.8. The number of anilines is 1. The minimum absolute atomic E-state index is 0.00294. The molecule has 3 aromatic rings. The third-order valence-corrected chi connectivity index (χ3v) is 7.31. The highest BCUT2D eigenvalue weighted by atomic mass is 35.5. The topological polar surface area (TPSA) is 101 Å². The van der Waals surface area contributed by atoms with E-state index in [4.69, 9.17) is 27.9 Å². The number of amides is 1. The van der Waals surface area contributed by atoms with Crippen LogP contribution in [0.4, 0.5) is 10.5 Å². The van der Waals surface area contributed by atoms with Gasteiger partial charge in [-0.2, -0.15) is 0 Å². The van der Waals surface area contributed by atoms with Crippen molar-refractivity contribution < 1.29 is 27.9 Å². The lowest BCUT2D eigenvalue weighted by atomic mass is 10.1. The van der Waals surface area contributed by atoms with Gasteiger partial charge in [-0.3, -0.25) is 4.79 Å². The second kappa shape index (κ2) is 9.72. The van der Waals surface area contributed by atoms with Gasteiger partial charge in [0.05, 0.1) is 21.2 Å². The summed E-state index contributed by atoms with van der Waals surface area (Å²) in [6.07, 6.45) is -0.421. The Labute approximate surface area is 205 Å². The van der Waals surface area contributed by atoms with Crippen LogP contribution in [0, 0.1) is 0 Å². The maximum Gasteiger partial charge on any atom is 0.512 e. The molecule has 33 heavy (non-hydrogen) atoms. The van der Waals surface area contributed by atoms with Crippen molar-refractivity contribution >= 4 is 62.1 Å². The number of sulfone groups is 1. The fraction of sp³-hybridized carbons (Fsp3) is 0.182. The first-order chi connectivity index (χ1) is 15.4. The summed E-state index contributed by atoms with van der Waals surface area (Å²) < 4.78 is 28.5. The van der Waals surface area contributed by atoms with Crippen LogP contribution in [0.2, 0.25) is 10.0 Å². The normalized spacial score (nSPS) is 11.5. The molecule has 7 nitrogen and oxygen atoms in total. The van der Waals surface area contributed by atoms with Crippen molar-refractivity contribution in [2.24, 2.45) is 0 Å². The standard InChI is InChI=1S/C22H19Cl2NO6S2/c1-12(2)25(20(26)16-9-6-14(23)10-17(16)24)18-11-19(32-21(18)31-22(27)28)13-4-7-15(8-5-13)33(3,29)30/h4-12H,1-3H3,(H,27,28). The molecule has 0 fully saturated rings. The highest BCUT2D eigenvalue weighted by Gasteiger charge is 2.29. The second-order valence-electron chi connectivity index (χ2n) is 7.34. The molecule has 1 N–H and O–H groups in total. The minimum Gasteiger partial charge on any atom is -0.449 e. The number of carbonyl (C=O) groups is 2. The van der Waals surface area contributed by atoms with Crippen LogP contribution in [-0.4, -0.2) is 37.9 Å². The first kappa shape index (κ1) is 25.0. The monoisotopic (exact) mass is 527 g/mol. The van der Waals surface area contributed by atoms with E-state index in [2.05, 4.69) is 0 Å². The smallest absolute Gasteiger partial charge is 0.449 e. The van der Waals surface area contributed by atoms with Crippen molar-refractivity contribution in [1.82, 2.24) is 0 Å². The largest absolute Gasteiger partial charge is 0.512 e. The summed E-state index contributed by atoms with van der Waals surface area (Å²) in [5.41, 5.74) is 1.08. The van der Waals surface area contributed by atoms with Gasteiger partial charge in [-0.1, -0.05) is 46.7 Å². The van der Waals surface area contributed by atoms with E-state index in [-0.39, 0.29) is 32.3 Å². The summed E-state index contributed by atoms with van der Waals surface area (Å²) in [5.74, 6) is -0.460. The molecular weight excluding hydrogens is 509 g/mol. The van der Waals surface area contributed by atoms with Gasteiger partial charge in [0.25, 0.3) is 5.91 Å². The lowest BCUT2D eigenvalue weighted by molar-refractivity contribution is 0.0978. The van der Waals surface area contributed by atoms with Gasteiger partial charge in [0.2, 0.25) is 5.06 Å². The third-order valence-electron chi connectivity index (χ3n) is 4.58. The van der Waals surface area contributed by atoms with E-state index < -0.39 is 21.9 Å². The molecule has 0 radical (unpaired) electrons. The second-order valence-corrected chi connectivity index (χ2v) is 11.2. The van der Waals surface area contributed by atoms with Crippen LogP contribution in [-0.2, 0) is 9.84 Å². The van der Waals surface area contributed by atoms with Crippen LogP contribution in [0.1, 0.15) is 24.2 Å². The Morgan fingerprint density at radius 3 is 2.21 bits per heavy atom. The third kappa shape index (κ3) is 5.67. The number of hydrogen-bond acceptors (Lipinski definition) is 6. The number of ether oxygens (including phenoxy) is 1. The Kier molecular flexibility index (Phi) is 7.38. The molecule has 11 heteroatoms. The number of halogens is 2. The highest BCUT2D eigenvalue weighted by Crippen LogP contribution is 2.44. The SMILES string of the molecule is CC(C)N(C(=O)c1ccc(Cl)cc1Cl)c1cc(-c2ccc(S(C)(=O)=O)cc2)sc1OC(=O)O. The molecule has 0 aliphatic rings. The molecule has 3 rings (SSSR count). The lowest BCUT2D eigenvalue weighted by Crippen LogP contribution is -2.37. The van der Waals surface area contributed by atoms with Gasteiger partial charge in [-0.15, -0.1) is 0 Å². The predicted octanol–water partition coefficient (Wildman–Crippen LogP) is 6.24. The molecule has 0 bridgehead atoms. The number of thiophene rings is 1. The Bertz CT molecular complexity index is 1320. The maximum atomic E-state index is 13.4. The van der Waals surface area contributed by atoms with Gasteiger partial charge in [-0.05, 0) is 55.8 Å². The van der Waals surface area contributed by atoms with Gasteiger partial charge < -0.3 is 14.7 Å². The summed E-state index contributed by atoms with van der Waals surface area (Å²) >= 11 is 13.2. The van der Waals surface area contributed by atoms with Crippen molar-refractivity contribution in [2.45, 2.75) is 24.8 Å². The fourth-order valence-electron chi connectivity index (χ4n) is 3.11. The Balaban J connectivity index is 2.11. The van der Waals surface area contributed by atoms with E-state index in [9.17, 15) is 23.1 Å². The van der Waals surface area contributed by atoms with E-state index in [1.807, 2.05) is 0 Å². The summed E-state index contributed by atoms with van der Waals surface area (Å²) in [7, 11) is -3.37. The molecule has 1 heterocycles. The van der Waals surface area contributed by atoms with E-state index in [1.54, 1.807) is 32.0 Å². The van der Waals surface area contributed by atoms with Gasteiger partial charge in [0, 0.05) is 22.2 Å². The molecule has 0 saturated carbocycles. The lowest BCUT2D eigenvalue weighted by Gasteiger charge is -2.27. The van der Waals surface area contributed by atoms with Crippen LogP contribution < -0.4 is 9.64 Å². The highest BCUT2D eigenvalue weighted by molar-refractivity contribution is 7.90. The Hall–Kier alpha value is -2.59. The number of hydrogen-bond donors (Lipinski definition) is 1. The van der Waals surface area contributed by atoms with Crippen LogP contribution in [0.25, 0.3) is 10.4 Å². The Morgan fingerprint density at radius 2 is 1.70 bits per heavy atom. The molecule has 0 spiro atoms. The molecule has 2 aromatic carbocycles. The molecule has 1 aromatic heterocycles. The van der Waals surface area contributed by atoms with Crippen LogP contribution >= 0.6 is 34.5 Å². The van der Waals surface area contributed by atoms with Gasteiger partial charge in [0.1, 0.15) is 0 Å². The van der Waals surface area contributed by atoms with E-state index in [0.717, 1.165) is 17.6 Å². The summed E-state index contributed by atoms with van der Waals surface area (Å²) in [4.78, 5) is 26.8. The quantitative estimate of drug-likeness (QED) is 0.380. The van der Waals surface area contributed by atoms with E-state index in [0.29, 0.717) is 15.5 Å².